The van der Waals surface area contributed by atoms with E-state index < -0.39 is 5.60 Å². The average molecular weight is 305 g/mol. The van der Waals surface area contributed by atoms with E-state index in [1.807, 2.05) is 0 Å². The minimum atomic E-state index is -0.450. The van der Waals surface area contributed by atoms with Crippen molar-refractivity contribution in [2.45, 2.75) is 51.6 Å². The molecule has 1 aliphatic heterocycles. The molecule has 2 fully saturated rings. The first-order valence-corrected chi connectivity index (χ1v) is 8.49. The lowest BCUT2D eigenvalue weighted by atomic mass is 9.71. The molecule has 1 saturated carbocycles. The standard InChI is InChI=1S/C17H27N3O2/c1-13(2)12-22-16-10-18-9-15(19-16)20-8-7-17(21)6-4-3-5-14(17)11-20/h9-10,13-14,21H,3-8,11-12H2,1-2H3/t14-,17-/m1/s1. The van der Waals surface area contributed by atoms with E-state index in [1.165, 1.54) is 6.42 Å². The second-order valence-corrected chi connectivity index (χ2v) is 7.16. The predicted octanol–water partition coefficient (Wildman–Crippen LogP) is 2.64. The molecule has 0 bridgehead atoms. The van der Waals surface area contributed by atoms with Crippen LogP contribution in [0.2, 0.25) is 0 Å². The van der Waals surface area contributed by atoms with E-state index in [4.69, 9.17) is 4.74 Å². The molecule has 1 saturated heterocycles. The molecule has 122 valence electrons. The zero-order valence-corrected chi connectivity index (χ0v) is 13.7. The second-order valence-electron chi connectivity index (χ2n) is 7.16. The highest BCUT2D eigenvalue weighted by Gasteiger charge is 2.43. The Bertz CT molecular complexity index is 508. The molecule has 2 aliphatic rings. The summed E-state index contributed by atoms with van der Waals surface area (Å²) in [4.78, 5) is 11.1. The van der Waals surface area contributed by atoms with Gasteiger partial charge in [-0.3, -0.25) is 4.98 Å². The third-order valence-corrected chi connectivity index (χ3v) is 4.92. The fraction of sp³-hybridized carbons (Fsp3) is 0.765. The van der Waals surface area contributed by atoms with Crippen LogP contribution in [0.15, 0.2) is 12.4 Å². The number of aliphatic hydroxyl groups is 1. The van der Waals surface area contributed by atoms with Crippen molar-refractivity contribution in [2.24, 2.45) is 11.8 Å². The molecule has 0 amide bonds. The van der Waals surface area contributed by atoms with Crippen molar-refractivity contribution in [3.63, 3.8) is 0 Å². The Morgan fingerprint density at radius 2 is 2.23 bits per heavy atom. The molecule has 2 atom stereocenters. The maximum Gasteiger partial charge on any atom is 0.234 e. The lowest BCUT2D eigenvalue weighted by molar-refractivity contribution is -0.0613. The summed E-state index contributed by atoms with van der Waals surface area (Å²) < 4.78 is 5.68. The molecule has 1 aromatic rings. The molecule has 1 aliphatic carbocycles. The van der Waals surface area contributed by atoms with Crippen molar-refractivity contribution >= 4 is 5.82 Å². The first-order valence-electron chi connectivity index (χ1n) is 8.49. The number of fused-ring (bicyclic) bond motifs is 1. The molecule has 0 aromatic carbocycles. The Morgan fingerprint density at radius 3 is 3.05 bits per heavy atom. The molecule has 3 rings (SSSR count). The van der Waals surface area contributed by atoms with E-state index in [1.54, 1.807) is 12.4 Å². The van der Waals surface area contributed by atoms with Crippen LogP contribution in [0.3, 0.4) is 0 Å². The van der Waals surface area contributed by atoms with Crippen LogP contribution in [0.1, 0.15) is 46.0 Å². The molecule has 0 unspecified atom stereocenters. The third kappa shape index (κ3) is 3.35. The molecule has 5 heteroatoms. The lowest BCUT2D eigenvalue weighted by Gasteiger charge is -2.47. The van der Waals surface area contributed by atoms with E-state index in [2.05, 4.69) is 28.7 Å². The molecule has 1 N–H and O–H groups in total. The SMILES string of the molecule is CC(C)COc1cncc(N2CC[C@]3(O)CCCC[C@@H]3C2)n1. The largest absolute Gasteiger partial charge is 0.476 e. The summed E-state index contributed by atoms with van der Waals surface area (Å²) in [5, 5.41) is 10.8. The van der Waals surface area contributed by atoms with E-state index in [-0.39, 0.29) is 0 Å². The lowest BCUT2D eigenvalue weighted by Crippen LogP contribution is -2.53. The quantitative estimate of drug-likeness (QED) is 0.926. The molecule has 22 heavy (non-hydrogen) atoms. The van der Waals surface area contributed by atoms with Gasteiger partial charge in [-0.1, -0.05) is 26.7 Å². The minimum Gasteiger partial charge on any atom is -0.476 e. The number of hydrogen-bond donors (Lipinski definition) is 1. The van der Waals surface area contributed by atoms with Crippen LogP contribution < -0.4 is 9.64 Å². The smallest absolute Gasteiger partial charge is 0.234 e. The van der Waals surface area contributed by atoms with Crippen LogP contribution >= 0.6 is 0 Å². The van der Waals surface area contributed by atoms with E-state index >= 15 is 0 Å². The molecule has 1 aromatic heterocycles. The first-order chi connectivity index (χ1) is 10.6. The Labute approximate surface area is 132 Å². The Morgan fingerprint density at radius 1 is 1.36 bits per heavy atom. The van der Waals surface area contributed by atoms with Crippen molar-refractivity contribution < 1.29 is 9.84 Å². The van der Waals surface area contributed by atoms with E-state index in [0.717, 1.165) is 44.6 Å². The van der Waals surface area contributed by atoms with Gasteiger partial charge in [-0.05, 0) is 25.2 Å². The highest BCUT2D eigenvalue weighted by molar-refractivity contribution is 5.39. The van der Waals surface area contributed by atoms with Gasteiger partial charge in [0.1, 0.15) is 0 Å². The minimum absolute atomic E-state index is 0.358. The molecule has 2 heterocycles. The van der Waals surface area contributed by atoms with Gasteiger partial charge in [0.05, 0.1) is 24.6 Å². The molecular weight excluding hydrogens is 278 g/mol. The Hall–Kier alpha value is -1.36. The van der Waals surface area contributed by atoms with Crippen molar-refractivity contribution in [3.05, 3.63) is 12.4 Å². The maximum atomic E-state index is 10.8. The topological polar surface area (TPSA) is 58.5 Å². The molecule has 0 radical (unpaired) electrons. The van der Waals surface area contributed by atoms with E-state index in [0.29, 0.717) is 24.3 Å². The number of aromatic nitrogens is 2. The number of anilines is 1. The first kappa shape index (κ1) is 15.5. The second kappa shape index (κ2) is 6.41. The van der Waals surface area contributed by atoms with Crippen LogP contribution in [0.5, 0.6) is 5.88 Å². The third-order valence-electron chi connectivity index (χ3n) is 4.92. The van der Waals surface area contributed by atoms with Crippen LogP contribution in [0.25, 0.3) is 0 Å². The number of hydrogen-bond acceptors (Lipinski definition) is 5. The van der Waals surface area contributed by atoms with Crippen LogP contribution in [-0.4, -0.2) is 40.4 Å². The number of nitrogens with zero attached hydrogens (tertiary/aromatic N) is 3. The van der Waals surface area contributed by atoms with Crippen LogP contribution in [0.4, 0.5) is 5.82 Å². The van der Waals surface area contributed by atoms with Gasteiger partial charge in [0.2, 0.25) is 5.88 Å². The van der Waals surface area contributed by atoms with Gasteiger partial charge in [-0.2, -0.15) is 4.98 Å². The van der Waals surface area contributed by atoms with Gasteiger partial charge >= 0.3 is 0 Å². The zero-order chi connectivity index (χ0) is 15.6. The number of piperidine rings is 1. The normalized spacial score (nSPS) is 28.5. The van der Waals surface area contributed by atoms with Gasteiger partial charge in [0.15, 0.2) is 5.82 Å². The summed E-state index contributed by atoms with van der Waals surface area (Å²) in [6, 6.07) is 0. The molecular formula is C17H27N3O2. The summed E-state index contributed by atoms with van der Waals surface area (Å²) >= 11 is 0. The summed E-state index contributed by atoms with van der Waals surface area (Å²) in [5.74, 6) is 2.29. The van der Waals surface area contributed by atoms with Gasteiger partial charge < -0.3 is 14.7 Å². The van der Waals surface area contributed by atoms with Gasteiger partial charge in [0, 0.05) is 19.0 Å². The summed E-state index contributed by atoms with van der Waals surface area (Å²) in [7, 11) is 0. The van der Waals surface area contributed by atoms with E-state index in [9.17, 15) is 5.11 Å². The average Bonchev–Trinajstić information content (AvgIpc) is 2.52. The number of rotatable bonds is 4. The van der Waals surface area contributed by atoms with Crippen molar-refractivity contribution in [2.75, 3.05) is 24.6 Å². The van der Waals surface area contributed by atoms with Crippen molar-refractivity contribution in [1.29, 1.82) is 0 Å². The molecule has 0 spiro atoms. The summed E-state index contributed by atoms with van der Waals surface area (Å²) in [6.07, 6.45) is 8.76. The Balaban J connectivity index is 1.68. The zero-order valence-electron chi connectivity index (χ0n) is 13.7. The van der Waals surface area contributed by atoms with Crippen LogP contribution in [0, 0.1) is 11.8 Å². The van der Waals surface area contributed by atoms with Crippen molar-refractivity contribution in [1.82, 2.24) is 9.97 Å². The maximum absolute atomic E-state index is 10.8. The van der Waals surface area contributed by atoms with Gasteiger partial charge in [-0.25, -0.2) is 0 Å². The summed E-state index contributed by atoms with van der Waals surface area (Å²) in [6.45, 7) is 6.60. The Kier molecular flexibility index (Phi) is 4.52. The number of ether oxygens (including phenoxy) is 1. The fourth-order valence-electron chi connectivity index (χ4n) is 3.59. The van der Waals surface area contributed by atoms with Crippen molar-refractivity contribution in [3.8, 4) is 5.88 Å². The molecule has 5 nitrogen and oxygen atoms in total. The van der Waals surface area contributed by atoms with Gasteiger partial charge in [-0.15, -0.1) is 0 Å². The summed E-state index contributed by atoms with van der Waals surface area (Å²) in [5.41, 5.74) is -0.450. The monoisotopic (exact) mass is 305 g/mol. The highest BCUT2D eigenvalue weighted by Crippen LogP contribution is 2.40. The van der Waals surface area contributed by atoms with Crippen LogP contribution in [-0.2, 0) is 0 Å². The predicted molar refractivity (Wildman–Crippen MR) is 86.1 cm³/mol. The highest BCUT2D eigenvalue weighted by atomic mass is 16.5. The van der Waals surface area contributed by atoms with Gasteiger partial charge in [0.25, 0.3) is 0 Å². The fourth-order valence-corrected chi connectivity index (χ4v) is 3.59.